The Morgan fingerprint density at radius 1 is 1.14 bits per heavy atom. The van der Waals surface area contributed by atoms with Crippen molar-refractivity contribution < 1.29 is 4.74 Å². The van der Waals surface area contributed by atoms with Crippen LogP contribution in [0.5, 0.6) is 11.5 Å². The van der Waals surface area contributed by atoms with Crippen molar-refractivity contribution in [2.24, 2.45) is 17.8 Å². The van der Waals surface area contributed by atoms with Crippen LogP contribution in [0.15, 0.2) is 63.0 Å². The van der Waals surface area contributed by atoms with Crippen molar-refractivity contribution in [3.63, 3.8) is 0 Å². The molecule has 190 valence electrons. The first kappa shape index (κ1) is 24.4. The number of nitrogens with two attached hydrogens (primary N) is 1. The number of allylic oxidation sites excluding steroid dienone is 2. The Balaban J connectivity index is 1.79. The van der Waals surface area contributed by atoms with Gasteiger partial charge in [-0.05, 0) is 50.8 Å². The van der Waals surface area contributed by atoms with Crippen molar-refractivity contribution in [3.05, 3.63) is 86.0 Å². The molecule has 0 aliphatic heterocycles. The predicted molar refractivity (Wildman–Crippen MR) is 149 cm³/mol. The number of rotatable bonds is 6. The predicted octanol–water partition coefficient (Wildman–Crippen LogP) is 4.83. The molecule has 5 rings (SSSR count). The van der Waals surface area contributed by atoms with Gasteiger partial charge in [0.2, 0.25) is 0 Å². The maximum atomic E-state index is 13.2. The molecule has 1 aliphatic rings. The first-order valence-electron chi connectivity index (χ1n) is 12.3. The molecule has 0 unspecified atom stereocenters. The van der Waals surface area contributed by atoms with Gasteiger partial charge in [-0.2, -0.15) is 0 Å². The molecular formula is C29H31N5O3. The van der Waals surface area contributed by atoms with E-state index in [-0.39, 0.29) is 17.2 Å². The quantitative estimate of drug-likeness (QED) is 0.372. The SMILES string of the molecule is CN=C/C(=C(/C)N)c1cc2c(-c3cc(=O)n(C4CC4)cc3Oc3c(C)cccc3C)cn(C)c(=O)c2[nH]1. The summed E-state index contributed by atoms with van der Waals surface area (Å²) in [6, 6.07) is 9.68. The summed E-state index contributed by atoms with van der Waals surface area (Å²) >= 11 is 0. The van der Waals surface area contributed by atoms with Gasteiger partial charge >= 0.3 is 0 Å². The van der Waals surface area contributed by atoms with E-state index in [2.05, 4.69) is 9.98 Å². The number of aryl methyl sites for hydroxylation is 3. The third-order valence-electron chi connectivity index (χ3n) is 6.83. The lowest BCUT2D eigenvalue weighted by atomic mass is 10.0. The minimum atomic E-state index is -0.184. The number of ether oxygens (including phenoxy) is 1. The average Bonchev–Trinajstić information content (AvgIpc) is 3.60. The van der Waals surface area contributed by atoms with Crippen LogP contribution >= 0.6 is 0 Å². The van der Waals surface area contributed by atoms with Gasteiger partial charge in [0.05, 0.1) is 6.20 Å². The Morgan fingerprint density at radius 3 is 2.46 bits per heavy atom. The second kappa shape index (κ2) is 9.28. The minimum absolute atomic E-state index is 0.0966. The van der Waals surface area contributed by atoms with Crippen molar-refractivity contribution in [1.29, 1.82) is 0 Å². The molecule has 8 nitrogen and oxygen atoms in total. The zero-order valence-corrected chi connectivity index (χ0v) is 21.8. The number of benzene rings is 1. The Kier molecular flexibility index (Phi) is 6.11. The van der Waals surface area contributed by atoms with Crippen molar-refractivity contribution >= 4 is 22.7 Å². The van der Waals surface area contributed by atoms with Crippen molar-refractivity contribution in [2.45, 2.75) is 39.7 Å². The van der Waals surface area contributed by atoms with E-state index in [0.717, 1.165) is 29.7 Å². The van der Waals surface area contributed by atoms with Crippen molar-refractivity contribution in [1.82, 2.24) is 14.1 Å². The number of aromatic nitrogens is 3. The van der Waals surface area contributed by atoms with E-state index in [1.807, 2.05) is 44.3 Å². The molecule has 0 bridgehead atoms. The molecule has 0 spiro atoms. The van der Waals surface area contributed by atoms with Crippen LogP contribution in [0.3, 0.4) is 0 Å². The molecule has 0 radical (unpaired) electrons. The van der Waals surface area contributed by atoms with E-state index in [0.29, 0.717) is 44.7 Å². The van der Waals surface area contributed by atoms with Crippen LogP contribution in [0, 0.1) is 13.8 Å². The highest BCUT2D eigenvalue weighted by atomic mass is 16.5. The average molecular weight is 498 g/mol. The molecule has 0 atom stereocenters. The summed E-state index contributed by atoms with van der Waals surface area (Å²) in [6.45, 7) is 5.79. The van der Waals surface area contributed by atoms with Crippen LogP contribution in [0.2, 0.25) is 0 Å². The molecule has 3 aromatic heterocycles. The Labute approximate surface area is 214 Å². The topological polar surface area (TPSA) is 107 Å². The summed E-state index contributed by atoms with van der Waals surface area (Å²) in [5, 5.41) is 0.677. The van der Waals surface area contributed by atoms with Crippen LogP contribution in [-0.2, 0) is 7.05 Å². The summed E-state index contributed by atoms with van der Waals surface area (Å²) < 4.78 is 9.81. The first-order valence-corrected chi connectivity index (χ1v) is 12.3. The number of aliphatic imine (C=N–C) groups is 1. The normalized spacial score (nSPS) is 14.4. The lowest BCUT2D eigenvalue weighted by molar-refractivity contribution is 0.467. The smallest absolute Gasteiger partial charge is 0.274 e. The Hall–Kier alpha value is -4.33. The number of aromatic amines is 1. The summed E-state index contributed by atoms with van der Waals surface area (Å²) in [4.78, 5) is 33.7. The van der Waals surface area contributed by atoms with E-state index >= 15 is 0 Å². The number of nitrogens with zero attached hydrogens (tertiary/aromatic N) is 3. The van der Waals surface area contributed by atoms with Crippen LogP contribution < -0.4 is 21.6 Å². The van der Waals surface area contributed by atoms with Gasteiger partial charge in [-0.15, -0.1) is 0 Å². The number of para-hydroxylation sites is 1. The fourth-order valence-corrected chi connectivity index (χ4v) is 4.74. The molecule has 1 saturated carbocycles. The molecule has 4 aromatic rings. The minimum Gasteiger partial charge on any atom is -0.455 e. The highest BCUT2D eigenvalue weighted by molar-refractivity contribution is 6.12. The van der Waals surface area contributed by atoms with E-state index in [4.69, 9.17) is 10.5 Å². The van der Waals surface area contributed by atoms with Gasteiger partial charge in [-0.1, -0.05) is 18.2 Å². The van der Waals surface area contributed by atoms with Gasteiger partial charge in [-0.3, -0.25) is 14.6 Å². The zero-order valence-electron chi connectivity index (χ0n) is 21.8. The number of fused-ring (bicyclic) bond motifs is 1. The maximum Gasteiger partial charge on any atom is 0.274 e. The third-order valence-corrected chi connectivity index (χ3v) is 6.83. The fraction of sp³-hybridized carbons (Fsp3) is 0.276. The fourth-order valence-electron chi connectivity index (χ4n) is 4.74. The second-order valence-electron chi connectivity index (χ2n) is 9.77. The van der Waals surface area contributed by atoms with E-state index < -0.39 is 0 Å². The number of pyridine rings is 2. The number of hydrogen-bond donors (Lipinski definition) is 2. The van der Waals surface area contributed by atoms with Crippen LogP contribution in [-0.4, -0.2) is 27.4 Å². The standard InChI is InChI=1S/C29H31N5O3/c1-16-7-6-8-17(2)28(16)37-25-15-34(19-9-10-19)26(35)12-20(25)23-14-33(5)29(36)27-21(23)11-24(32-27)22(13-31-4)18(3)30/h6-8,11-15,19,32H,9-10,30H2,1-5H3/b22-18+,31-13?. The molecule has 8 heteroatoms. The highest BCUT2D eigenvalue weighted by Gasteiger charge is 2.27. The van der Waals surface area contributed by atoms with Gasteiger partial charge in [-0.25, -0.2) is 0 Å². The molecule has 37 heavy (non-hydrogen) atoms. The van der Waals surface area contributed by atoms with Crippen LogP contribution in [0.25, 0.3) is 27.6 Å². The molecular weight excluding hydrogens is 466 g/mol. The second-order valence-corrected chi connectivity index (χ2v) is 9.77. The summed E-state index contributed by atoms with van der Waals surface area (Å²) in [6.07, 6.45) is 7.17. The summed E-state index contributed by atoms with van der Waals surface area (Å²) in [5.74, 6) is 1.32. The lowest BCUT2D eigenvalue weighted by Crippen LogP contribution is -2.19. The first-order chi connectivity index (χ1) is 17.7. The van der Waals surface area contributed by atoms with Gasteiger partial charge in [0.1, 0.15) is 11.3 Å². The highest BCUT2D eigenvalue weighted by Crippen LogP contribution is 2.41. The monoisotopic (exact) mass is 497 g/mol. The number of hydrogen-bond acceptors (Lipinski definition) is 5. The van der Waals surface area contributed by atoms with Gasteiger partial charge in [0.25, 0.3) is 11.1 Å². The van der Waals surface area contributed by atoms with E-state index in [9.17, 15) is 9.59 Å². The molecule has 3 heterocycles. The van der Waals surface area contributed by atoms with Gasteiger partial charge in [0.15, 0.2) is 5.75 Å². The van der Waals surface area contributed by atoms with Crippen molar-refractivity contribution in [2.75, 3.05) is 7.05 Å². The summed E-state index contributed by atoms with van der Waals surface area (Å²) in [5.41, 5.74) is 11.5. The third kappa shape index (κ3) is 4.39. The lowest BCUT2D eigenvalue weighted by Gasteiger charge is -2.17. The van der Waals surface area contributed by atoms with Gasteiger partial charge in [0, 0.05) is 72.1 Å². The van der Waals surface area contributed by atoms with E-state index in [1.165, 1.54) is 4.57 Å². The van der Waals surface area contributed by atoms with Crippen LogP contribution in [0.4, 0.5) is 0 Å². The van der Waals surface area contributed by atoms with Crippen LogP contribution in [0.1, 0.15) is 42.6 Å². The molecule has 0 saturated heterocycles. The molecule has 1 fully saturated rings. The Morgan fingerprint density at radius 2 is 1.84 bits per heavy atom. The Bertz CT molecular complexity index is 1690. The summed E-state index contributed by atoms with van der Waals surface area (Å²) in [7, 11) is 3.36. The van der Waals surface area contributed by atoms with E-state index in [1.54, 1.807) is 44.1 Å². The largest absolute Gasteiger partial charge is 0.455 e. The van der Waals surface area contributed by atoms with Crippen molar-refractivity contribution in [3.8, 4) is 22.6 Å². The molecule has 1 aliphatic carbocycles. The maximum absolute atomic E-state index is 13.2. The number of nitrogens with one attached hydrogen (secondary N) is 1. The zero-order chi connectivity index (χ0) is 26.4. The molecule has 1 aromatic carbocycles. The molecule has 0 amide bonds. The molecule has 3 N–H and O–H groups in total. The number of H-pyrrole nitrogens is 1. The van der Waals surface area contributed by atoms with Gasteiger partial charge < -0.3 is 24.6 Å².